The first-order chi connectivity index (χ1) is 42.0. The Kier molecular flexibility index (Phi) is 22.7. The van der Waals surface area contributed by atoms with Gasteiger partial charge in [0.25, 0.3) is 5.97 Å². The van der Waals surface area contributed by atoms with Crippen molar-refractivity contribution in [2.24, 2.45) is 0 Å². The second kappa shape index (κ2) is 30.7. The fourth-order valence-electron chi connectivity index (χ4n) is 11.3. The van der Waals surface area contributed by atoms with E-state index in [1.54, 1.807) is 0 Å². The normalized spacial score (nSPS) is 11.1. The maximum Gasteiger partial charge on any atom is 0.300 e. The first-order valence-corrected chi connectivity index (χ1v) is 29.0. The van der Waals surface area contributed by atoms with Gasteiger partial charge in [0.2, 0.25) is 0 Å². The molecule has 0 unspecified atom stereocenters. The third kappa shape index (κ3) is 16.0. The van der Waals surface area contributed by atoms with E-state index in [1.165, 1.54) is 0 Å². The number of benzene rings is 8. The molecule has 0 aliphatic carbocycles. The van der Waals surface area contributed by atoms with Gasteiger partial charge in [-0.05, 0) is 93.0 Å². The molecule has 13 nitrogen and oxygen atoms in total. The molecule has 0 amide bonds. The van der Waals surface area contributed by atoms with E-state index < -0.39 is 12.1 Å². The van der Waals surface area contributed by atoms with Crippen molar-refractivity contribution >= 4 is 74.4 Å². The first-order valence-electron chi connectivity index (χ1n) is 29.0. The van der Waals surface area contributed by atoms with Crippen molar-refractivity contribution < 1.29 is 48.0 Å². The van der Waals surface area contributed by atoms with E-state index in [0.29, 0.717) is 65.4 Å². The van der Waals surface area contributed by atoms with Crippen molar-refractivity contribution in [3.63, 3.8) is 0 Å². The summed E-state index contributed by atoms with van der Waals surface area (Å²) in [6.07, 6.45) is 6.64. The maximum atomic E-state index is 13.1. The summed E-state index contributed by atoms with van der Waals surface area (Å²) in [5.74, 6) is 2.74. The van der Waals surface area contributed by atoms with Gasteiger partial charge in [-0.2, -0.15) is 0 Å². The number of hydrogen-bond donors (Lipinski definition) is 2. The molecule has 0 bridgehead atoms. The number of carboxylic acids is 1. The molecule has 2 N–H and O–H groups in total. The second-order valence-electron chi connectivity index (χ2n) is 21.7. The van der Waals surface area contributed by atoms with Crippen molar-refractivity contribution in [1.82, 2.24) is 48.0 Å². The van der Waals surface area contributed by atoms with Crippen LogP contribution in [0.15, 0.2) is 220 Å². The van der Waals surface area contributed by atoms with Gasteiger partial charge >= 0.3 is 0 Å². The number of fused-ring (bicyclic) bond motifs is 4. The Morgan fingerprint density at radius 3 is 0.809 bits per heavy atom. The SMILES string of the molecule is C.C=Cc1ccc(Cn2c(CN(Cc3nc4ccccc4n3Cc3ccc(C=C)cc3)CC(O)CN(Cc3nc4ccccc4n3Cc3ccc(C=C)cc3)Cc3nc4ccccc4n3Cc3ccc(C=C)cc3)nc3ccccc32)cc1.CC(=O)O.[Ni].[Ni]. The topological polar surface area (TPSA) is 135 Å². The number of rotatable bonds is 24. The van der Waals surface area contributed by atoms with Gasteiger partial charge < -0.3 is 28.5 Å². The number of aliphatic carboxylic acids is 1. The zero-order chi connectivity index (χ0) is 59.5. The van der Waals surface area contributed by atoms with Gasteiger partial charge in [-0.25, -0.2) is 19.9 Å². The van der Waals surface area contributed by atoms with Gasteiger partial charge in [0.1, 0.15) is 23.3 Å². The smallest absolute Gasteiger partial charge is 0.300 e. The van der Waals surface area contributed by atoms with Crippen LogP contribution >= 0.6 is 0 Å². The van der Waals surface area contributed by atoms with Gasteiger partial charge in [-0.1, -0.05) is 204 Å². The third-order valence-electron chi connectivity index (χ3n) is 15.6. The fraction of sp³-hybridized carbons (Fsp3) is 0.176. The first kappa shape index (κ1) is 65.9. The van der Waals surface area contributed by atoms with Crippen LogP contribution in [-0.4, -0.2) is 83.4 Å². The Bertz CT molecular complexity index is 3810. The van der Waals surface area contributed by atoms with E-state index in [2.05, 4.69) is 224 Å². The monoisotopic (exact) mass is 1270 g/mol. The van der Waals surface area contributed by atoms with Gasteiger partial charge in [-0.15, -0.1) is 0 Å². The standard InChI is InChI=1S/C71H66N10O.C2H4O2.CH4.2Ni/c1-5-51-25-33-55(34-26-51)41-78-64-21-13-9-17-60(64)72-68(78)47-76(48-69-73-61-18-10-14-22-65(61)79(69)42-56-35-27-52(6-2)28-36-56)45-59(82)46-77(49-70-74-62-19-11-15-23-66(62)80(70)43-57-37-29-53(7-3)30-38-57)50-71-75-63-20-12-16-24-67(63)81(71)44-58-39-31-54(8-4)32-40-58;1-2(3)4;;;/h5-40,59,82H,1-4,41-50H2;1H3,(H,3,4);1H4;;. The number of aromatic nitrogens is 8. The zero-order valence-corrected chi connectivity index (χ0v) is 51.1. The number of hydrogen-bond acceptors (Lipinski definition) is 8. The summed E-state index contributed by atoms with van der Waals surface area (Å²) in [6, 6.07) is 67.5. The number of aliphatic hydroxyl groups is 1. The Hall–Kier alpha value is -9.06. The summed E-state index contributed by atoms with van der Waals surface area (Å²) >= 11 is 0. The number of carboxylic acid groups (broad SMARTS) is 1. The molecule has 8 aromatic carbocycles. The van der Waals surface area contributed by atoms with Crippen molar-refractivity contribution in [3.8, 4) is 0 Å². The fourth-order valence-corrected chi connectivity index (χ4v) is 11.3. The Morgan fingerprint density at radius 1 is 0.404 bits per heavy atom. The molecule has 0 spiro atoms. The summed E-state index contributed by atoms with van der Waals surface area (Å²) in [5, 5.41) is 20.5. The van der Waals surface area contributed by atoms with Crippen LogP contribution in [0.4, 0.5) is 0 Å². The predicted octanol–water partition coefficient (Wildman–Crippen LogP) is 14.6. The van der Waals surface area contributed by atoms with Crippen molar-refractivity contribution in [1.29, 1.82) is 0 Å². The molecule has 0 fully saturated rings. The van der Waals surface area contributed by atoms with Gasteiger partial charge in [0.05, 0.1) is 76.4 Å². The van der Waals surface area contributed by atoms with Crippen LogP contribution < -0.4 is 0 Å². The summed E-state index contributed by atoms with van der Waals surface area (Å²) < 4.78 is 9.27. The molecule has 0 radical (unpaired) electrons. The van der Waals surface area contributed by atoms with Crippen LogP contribution in [0, 0.1) is 0 Å². The van der Waals surface area contributed by atoms with Crippen LogP contribution in [0.2, 0.25) is 0 Å². The predicted molar refractivity (Wildman–Crippen MR) is 356 cm³/mol. The average molecular weight is 1270 g/mol. The second-order valence-corrected chi connectivity index (χ2v) is 21.7. The molecular formula is C74H74N10Ni2O3. The van der Waals surface area contributed by atoms with Crippen molar-refractivity contribution in [3.05, 3.63) is 288 Å². The summed E-state index contributed by atoms with van der Waals surface area (Å²) in [4.78, 5) is 35.0. The minimum absolute atomic E-state index is 0. The Labute approximate surface area is 541 Å². The number of aliphatic hydroxyl groups excluding tert-OH is 1. The minimum Gasteiger partial charge on any atom is -0.481 e. The van der Waals surface area contributed by atoms with E-state index in [-0.39, 0.29) is 40.4 Å². The number of para-hydroxylation sites is 8. The molecule has 0 saturated heterocycles. The summed E-state index contributed by atoms with van der Waals surface area (Å²) in [5.41, 5.74) is 16.8. The minimum atomic E-state index is -0.845. The summed E-state index contributed by atoms with van der Waals surface area (Å²) in [7, 11) is 0. The Morgan fingerprint density at radius 2 is 0.607 bits per heavy atom. The molecule has 4 aromatic heterocycles. The molecule has 12 aromatic rings. The molecule has 0 aliphatic rings. The molecule has 4 heterocycles. The number of nitrogens with zero attached hydrogens (tertiary/aromatic N) is 10. The Balaban J connectivity index is 0.00000142. The van der Waals surface area contributed by atoms with Crippen LogP contribution in [0.25, 0.3) is 68.4 Å². The van der Waals surface area contributed by atoms with Crippen LogP contribution in [0.5, 0.6) is 0 Å². The third-order valence-corrected chi connectivity index (χ3v) is 15.6. The van der Waals surface area contributed by atoms with Crippen molar-refractivity contribution in [2.75, 3.05) is 13.1 Å². The largest absolute Gasteiger partial charge is 0.481 e. The quantitative estimate of drug-likeness (QED) is 0.0567. The molecule has 15 heteroatoms. The van der Waals surface area contributed by atoms with Crippen LogP contribution in [-0.2, 0) is 90.1 Å². The molecule has 0 aliphatic heterocycles. The van der Waals surface area contributed by atoms with Crippen LogP contribution in [0.3, 0.4) is 0 Å². The zero-order valence-electron chi connectivity index (χ0n) is 49.2. The molecule has 12 rings (SSSR count). The van der Waals surface area contributed by atoms with Crippen LogP contribution in [0.1, 0.15) is 82.2 Å². The van der Waals surface area contributed by atoms with Crippen molar-refractivity contribution in [2.45, 2.75) is 72.8 Å². The van der Waals surface area contributed by atoms with Gasteiger partial charge in [0, 0.05) is 79.2 Å². The summed E-state index contributed by atoms with van der Waals surface area (Å²) in [6.45, 7) is 21.9. The number of carbonyl (C=O) groups is 1. The number of imidazole rings is 4. The van der Waals surface area contributed by atoms with Gasteiger partial charge in [-0.3, -0.25) is 14.6 Å². The molecule has 89 heavy (non-hydrogen) atoms. The van der Waals surface area contributed by atoms with Gasteiger partial charge in [0.15, 0.2) is 0 Å². The van der Waals surface area contributed by atoms with E-state index >= 15 is 0 Å². The maximum absolute atomic E-state index is 13.1. The van der Waals surface area contributed by atoms with E-state index in [4.69, 9.17) is 29.8 Å². The van der Waals surface area contributed by atoms with E-state index in [0.717, 1.165) is 119 Å². The average Bonchev–Trinajstić information content (AvgIpc) is 2.03. The van der Waals surface area contributed by atoms with E-state index in [1.807, 2.05) is 48.6 Å². The molecule has 458 valence electrons. The molecular weight excluding hydrogens is 1190 g/mol. The molecule has 0 saturated carbocycles. The molecule has 0 atom stereocenters. The van der Waals surface area contributed by atoms with E-state index in [9.17, 15) is 5.11 Å².